The Morgan fingerprint density at radius 3 is 3.00 bits per heavy atom. The SMILES string of the molecule is CC(C)CCCCNC(=O)c1ccc2nc[nH]c2c1. The lowest BCUT2D eigenvalue weighted by molar-refractivity contribution is 0.0953. The van der Waals surface area contributed by atoms with Gasteiger partial charge in [0.2, 0.25) is 0 Å². The van der Waals surface area contributed by atoms with Gasteiger partial charge in [0.15, 0.2) is 0 Å². The van der Waals surface area contributed by atoms with Gasteiger partial charge in [-0.05, 0) is 30.5 Å². The number of hydrogen-bond acceptors (Lipinski definition) is 2. The topological polar surface area (TPSA) is 57.8 Å². The van der Waals surface area contributed by atoms with Crippen molar-refractivity contribution < 1.29 is 4.79 Å². The number of H-pyrrole nitrogens is 1. The van der Waals surface area contributed by atoms with Crippen LogP contribution in [0.4, 0.5) is 0 Å². The zero-order chi connectivity index (χ0) is 13.7. The number of hydrogen-bond donors (Lipinski definition) is 2. The summed E-state index contributed by atoms with van der Waals surface area (Å²) in [5.41, 5.74) is 2.46. The van der Waals surface area contributed by atoms with Crippen molar-refractivity contribution in [3.63, 3.8) is 0 Å². The molecule has 2 N–H and O–H groups in total. The maximum absolute atomic E-state index is 12.0. The molecule has 1 heterocycles. The van der Waals surface area contributed by atoms with E-state index in [2.05, 4.69) is 29.1 Å². The van der Waals surface area contributed by atoms with Crippen LogP contribution in [0.15, 0.2) is 24.5 Å². The third-order valence-electron chi connectivity index (χ3n) is 3.18. The number of amides is 1. The number of rotatable bonds is 6. The van der Waals surface area contributed by atoms with E-state index >= 15 is 0 Å². The number of nitrogens with one attached hydrogen (secondary N) is 2. The monoisotopic (exact) mass is 259 g/mol. The van der Waals surface area contributed by atoms with Crippen LogP contribution in [0.2, 0.25) is 0 Å². The van der Waals surface area contributed by atoms with Crippen LogP contribution in [0.5, 0.6) is 0 Å². The maximum atomic E-state index is 12.0. The first-order valence-electron chi connectivity index (χ1n) is 6.88. The Bertz CT molecular complexity index is 545. The number of imidazole rings is 1. The minimum Gasteiger partial charge on any atom is -0.352 e. The largest absolute Gasteiger partial charge is 0.352 e. The minimum absolute atomic E-state index is 0.0129. The molecule has 0 saturated carbocycles. The van der Waals surface area contributed by atoms with Gasteiger partial charge in [0.25, 0.3) is 5.91 Å². The second-order valence-corrected chi connectivity index (χ2v) is 5.28. The predicted octanol–water partition coefficient (Wildman–Crippen LogP) is 3.12. The lowest BCUT2D eigenvalue weighted by atomic mass is 10.1. The van der Waals surface area contributed by atoms with Crippen LogP contribution in [-0.4, -0.2) is 22.4 Å². The molecule has 0 atom stereocenters. The molecular weight excluding hydrogens is 238 g/mol. The van der Waals surface area contributed by atoms with Crippen LogP contribution in [0, 0.1) is 5.92 Å². The van der Waals surface area contributed by atoms with Gasteiger partial charge in [-0.1, -0.05) is 26.7 Å². The summed E-state index contributed by atoms with van der Waals surface area (Å²) in [5.74, 6) is 0.722. The van der Waals surface area contributed by atoms with E-state index in [1.54, 1.807) is 6.33 Å². The Labute approximate surface area is 113 Å². The van der Waals surface area contributed by atoms with E-state index in [1.807, 2.05) is 18.2 Å². The average Bonchev–Trinajstić information content (AvgIpc) is 2.84. The molecule has 0 unspecified atom stereocenters. The molecule has 0 aliphatic rings. The summed E-state index contributed by atoms with van der Waals surface area (Å²) in [6.45, 7) is 5.18. The fourth-order valence-electron chi connectivity index (χ4n) is 2.06. The molecule has 2 rings (SSSR count). The highest BCUT2D eigenvalue weighted by molar-refractivity contribution is 5.97. The highest BCUT2D eigenvalue weighted by Gasteiger charge is 2.06. The zero-order valence-electron chi connectivity index (χ0n) is 11.6. The van der Waals surface area contributed by atoms with Gasteiger partial charge < -0.3 is 10.3 Å². The van der Waals surface area contributed by atoms with Crippen molar-refractivity contribution >= 4 is 16.9 Å². The van der Waals surface area contributed by atoms with Gasteiger partial charge in [-0.2, -0.15) is 0 Å². The normalized spacial score (nSPS) is 11.1. The molecule has 102 valence electrons. The lowest BCUT2D eigenvalue weighted by Gasteiger charge is -2.06. The molecule has 1 aromatic carbocycles. The molecular formula is C15H21N3O. The molecule has 0 aliphatic heterocycles. The maximum Gasteiger partial charge on any atom is 0.251 e. The number of aromatic nitrogens is 2. The lowest BCUT2D eigenvalue weighted by Crippen LogP contribution is -2.24. The average molecular weight is 259 g/mol. The summed E-state index contributed by atoms with van der Waals surface area (Å²) < 4.78 is 0. The number of aromatic amines is 1. The Balaban J connectivity index is 1.82. The van der Waals surface area contributed by atoms with Gasteiger partial charge in [-0.25, -0.2) is 4.98 Å². The number of unbranched alkanes of at least 4 members (excludes halogenated alkanes) is 1. The molecule has 0 saturated heterocycles. The summed E-state index contributed by atoms with van der Waals surface area (Å²) in [6.07, 6.45) is 5.06. The third-order valence-corrected chi connectivity index (χ3v) is 3.18. The van der Waals surface area contributed by atoms with Crippen molar-refractivity contribution in [1.29, 1.82) is 0 Å². The molecule has 0 aliphatic carbocycles. The van der Waals surface area contributed by atoms with Crippen LogP contribution in [0.3, 0.4) is 0 Å². The number of carbonyl (C=O) groups is 1. The summed E-state index contributed by atoms with van der Waals surface area (Å²) >= 11 is 0. The summed E-state index contributed by atoms with van der Waals surface area (Å²) in [5, 5.41) is 2.96. The Morgan fingerprint density at radius 1 is 1.37 bits per heavy atom. The van der Waals surface area contributed by atoms with E-state index in [0.29, 0.717) is 5.56 Å². The Hall–Kier alpha value is -1.84. The van der Waals surface area contributed by atoms with Crippen LogP contribution in [0.25, 0.3) is 11.0 Å². The fraction of sp³-hybridized carbons (Fsp3) is 0.467. The molecule has 19 heavy (non-hydrogen) atoms. The Morgan fingerprint density at radius 2 is 2.21 bits per heavy atom. The van der Waals surface area contributed by atoms with E-state index in [9.17, 15) is 4.79 Å². The molecule has 4 heteroatoms. The van der Waals surface area contributed by atoms with Crippen molar-refractivity contribution in [2.24, 2.45) is 5.92 Å². The van der Waals surface area contributed by atoms with Gasteiger partial charge in [0, 0.05) is 12.1 Å². The Kier molecular flexibility index (Phi) is 4.55. The van der Waals surface area contributed by atoms with E-state index in [1.165, 1.54) is 6.42 Å². The quantitative estimate of drug-likeness (QED) is 0.783. The van der Waals surface area contributed by atoms with Crippen molar-refractivity contribution in [3.8, 4) is 0 Å². The van der Waals surface area contributed by atoms with Crippen LogP contribution < -0.4 is 5.32 Å². The molecule has 0 spiro atoms. The smallest absolute Gasteiger partial charge is 0.251 e. The van der Waals surface area contributed by atoms with E-state index < -0.39 is 0 Å². The second-order valence-electron chi connectivity index (χ2n) is 5.28. The highest BCUT2D eigenvalue weighted by Crippen LogP contribution is 2.11. The standard InChI is InChI=1S/C15H21N3O/c1-11(2)5-3-4-8-16-15(19)12-6-7-13-14(9-12)18-10-17-13/h6-7,9-11H,3-5,8H2,1-2H3,(H,16,19)(H,17,18). The van der Waals surface area contributed by atoms with Gasteiger partial charge in [-0.15, -0.1) is 0 Å². The van der Waals surface area contributed by atoms with E-state index in [4.69, 9.17) is 0 Å². The van der Waals surface area contributed by atoms with E-state index in [0.717, 1.165) is 36.3 Å². The van der Waals surface area contributed by atoms with Gasteiger partial charge in [0.05, 0.1) is 17.4 Å². The summed E-state index contributed by atoms with van der Waals surface area (Å²) in [4.78, 5) is 19.1. The van der Waals surface area contributed by atoms with Crippen molar-refractivity contribution in [3.05, 3.63) is 30.1 Å². The number of nitrogens with zero attached hydrogens (tertiary/aromatic N) is 1. The predicted molar refractivity (Wildman–Crippen MR) is 77.1 cm³/mol. The summed E-state index contributed by atoms with van der Waals surface area (Å²) in [6, 6.07) is 5.51. The van der Waals surface area contributed by atoms with Crippen LogP contribution >= 0.6 is 0 Å². The molecule has 1 aromatic heterocycles. The second kappa shape index (κ2) is 6.36. The minimum atomic E-state index is -0.0129. The molecule has 0 fully saturated rings. The molecule has 0 bridgehead atoms. The number of fused-ring (bicyclic) bond motifs is 1. The molecule has 2 aromatic rings. The molecule has 0 radical (unpaired) electrons. The number of benzene rings is 1. The first-order valence-corrected chi connectivity index (χ1v) is 6.88. The van der Waals surface area contributed by atoms with Gasteiger partial charge in [-0.3, -0.25) is 4.79 Å². The molecule has 4 nitrogen and oxygen atoms in total. The fourth-order valence-corrected chi connectivity index (χ4v) is 2.06. The van der Waals surface area contributed by atoms with E-state index in [-0.39, 0.29) is 5.91 Å². The first-order chi connectivity index (χ1) is 9.16. The van der Waals surface area contributed by atoms with Crippen LogP contribution in [0.1, 0.15) is 43.5 Å². The van der Waals surface area contributed by atoms with Crippen molar-refractivity contribution in [2.75, 3.05) is 6.54 Å². The third kappa shape index (κ3) is 3.81. The van der Waals surface area contributed by atoms with Crippen molar-refractivity contribution in [2.45, 2.75) is 33.1 Å². The van der Waals surface area contributed by atoms with Gasteiger partial charge >= 0.3 is 0 Å². The highest BCUT2D eigenvalue weighted by atomic mass is 16.1. The zero-order valence-corrected chi connectivity index (χ0v) is 11.6. The van der Waals surface area contributed by atoms with Crippen molar-refractivity contribution in [1.82, 2.24) is 15.3 Å². The van der Waals surface area contributed by atoms with Crippen LogP contribution in [-0.2, 0) is 0 Å². The van der Waals surface area contributed by atoms with Gasteiger partial charge in [0.1, 0.15) is 0 Å². The summed E-state index contributed by atoms with van der Waals surface area (Å²) in [7, 11) is 0. The molecule has 1 amide bonds. The number of carbonyl (C=O) groups excluding carboxylic acids is 1. The first kappa shape index (κ1) is 13.6.